The molecule has 1 aromatic carbocycles. The van der Waals surface area contributed by atoms with Gasteiger partial charge in [-0.15, -0.1) is 0 Å². The number of carbonyl (C=O) groups excluding carboxylic acids is 1. The number of H-pyrrole nitrogens is 1. The number of aromatic amines is 1. The van der Waals surface area contributed by atoms with Gasteiger partial charge in [0.15, 0.2) is 11.5 Å². The topological polar surface area (TPSA) is 57.8 Å². The van der Waals surface area contributed by atoms with Gasteiger partial charge in [0.1, 0.15) is 5.69 Å². The average molecular weight is 364 g/mol. The number of halogens is 1. The van der Waals surface area contributed by atoms with Crippen LogP contribution in [0, 0.1) is 0 Å². The number of benzene rings is 1. The number of carbonyl (C=O) groups is 1. The predicted octanol–water partition coefficient (Wildman–Crippen LogP) is 2.64. The first-order valence-corrected chi connectivity index (χ1v) is 8.55. The number of hydrogen-bond acceptors (Lipinski definition) is 4. The number of piperazine rings is 1. The van der Waals surface area contributed by atoms with Crippen LogP contribution in [0.2, 0.25) is 5.02 Å². The van der Waals surface area contributed by atoms with Crippen LogP contribution in [0.5, 0.6) is 11.5 Å². The summed E-state index contributed by atoms with van der Waals surface area (Å²) in [5, 5.41) is 0.619. The quantitative estimate of drug-likeness (QED) is 0.887. The molecular weight excluding hydrogens is 342 g/mol. The van der Waals surface area contributed by atoms with Crippen molar-refractivity contribution in [1.29, 1.82) is 0 Å². The summed E-state index contributed by atoms with van der Waals surface area (Å²) in [6, 6.07) is 7.29. The molecule has 1 fully saturated rings. The van der Waals surface area contributed by atoms with Gasteiger partial charge in [-0.3, -0.25) is 9.69 Å². The first kappa shape index (κ1) is 17.6. The fourth-order valence-electron chi connectivity index (χ4n) is 3.11. The largest absolute Gasteiger partial charge is 0.493 e. The summed E-state index contributed by atoms with van der Waals surface area (Å²) in [5.41, 5.74) is 1.62. The second kappa shape index (κ2) is 7.80. The molecule has 1 saturated heterocycles. The summed E-state index contributed by atoms with van der Waals surface area (Å²) in [6.45, 7) is 3.68. The molecule has 1 aliphatic rings. The van der Waals surface area contributed by atoms with E-state index in [2.05, 4.69) is 9.88 Å². The van der Waals surface area contributed by atoms with Crippen LogP contribution in [0.4, 0.5) is 0 Å². The van der Waals surface area contributed by atoms with Crippen molar-refractivity contribution < 1.29 is 14.3 Å². The molecule has 0 unspecified atom stereocenters. The van der Waals surface area contributed by atoms with Gasteiger partial charge in [-0.1, -0.05) is 11.6 Å². The van der Waals surface area contributed by atoms with Crippen molar-refractivity contribution in [2.24, 2.45) is 0 Å². The Labute approximate surface area is 152 Å². The highest BCUT2D eigenvalue weighted by Gasteiger charge is 2.24. The van der Waals surface area contributed by atoms with Crippen molar-refractivity contribution in [2.75, 3.05) is 40.4 Å². The van der Waals surface area contributed by atoms with Gasteiger partial charge in [0.05, 0.1) is 14.2 Å². The Hall–Kier alpha value is -2.18. The van der Waals surface area contributed by atoms with Crippen LogP contribution >= 0.6 is 11.6 Å². The Morgan fingerprint density at radius 1 is 1.20 bits per heavy atom. The van der Waals surface area contributed by atoms with E-state index in [1.54, 1.807) is 32.5 Å². The summed E-state index contributed by atoms with van der Waals surface area (Å²) < 4.78 is 10.8. The van der Waals surface area contributed by atoms with Crippen LogP contribution < -0.4 is 9.47 Å². The van der Waals surface area contributed by atoms with Gasteiger partial charge < -0.3 is 19.4 Å². The van der Waals surface area contributed by atoms with E-state index in [0.717, 1.165) is 18.7 Å². The second-order valence-electron chi connectivity index (χ2n) is 5.95. The number of aromatic nitrogens is 1. The summed E-state index contributed by atoms with van der Waals surface area (Å²) in [5.74, 6) is 1.38. The molecule has 3 rings (SSSR count). The summed E-state index contributed by atoms with van der Waals surface area (Å²) in [7, 11) is 3.23. The van der Waals surface area contributed by atoms with Crippen LogP contribution in [0.1, 0.15) is 16.1 Å². The molecule has 2 heterocycles. The third kappa shape index (κ3) is 3.91. The van der Waals surface area contributed by atoms with Gasteiger partial charge in [-0.05, 0) is 18.2 Å². The lowest BCUT2D eigenvalue weighted by Gasteiger charge is -2.34. The zero-order valence-electron chi connectivity index (χ0n) is 14.4. The molecule has 2 aromatic rings. The lowest BCUT2D eigenvalue weighted by Crippen LogP contribution is -2.48. The Morgan fingerprint density at radius 3 is 2.56 bits per heavy atom. The summed E-state index contributed by atoms with van der Waals surface area (Å²) in [4.78, 5) is 19.5. The van der Waals surface area contributed by atoms with E-state index < -0.39 is 0 Å². The first-order valence-electron chi connectivity index (χ1n) is 8.17. The SMILES string of the molecule is COc1cc(Cl)cc(CN2CCN(C(=O)c3ccc[nH]3)CC2)c1OC. The molecule has 1 N–H and O–H groups in total. The average Bonchev–Trinajstić information content (AvgIpc) is 3.16. The van der Waals surface area contributed by atoms with Crippen LogP contribution in [0.15, 0.2) is 30.5 Å². The van der Waals surface area contributed by atoms with E-state index in [4.69, 9.17) is 21.1 Å². The molecule has 0 spiro atoms. The molecule has 0 bridgehead atoms. The molecule has 1 aromatic heterocycles. The van der Waals surface area contributed by atoms with E-state index >= 15 is 0 Å². The highest BCUT2D eigenvalue weighted by molar-refractivity contribution is 6.30. The van der Waals surface area contributed by atoms with Gasteiger partial charge in [-0.25, -0.2) is 0 Å². The smallest absolute Gasteiger partial charge is 0.270 e. The Bertz CT molecular complexity index is 725. The zero-order valence-corrected chi connectivity index (χ0v) is 15.2. The van der Waals surface area contributed by atoms with E-state index in [9.17, 15) is 4.79 Å². The lowest BCUT2D eigenvalue weighted by atomic mass is 10.1. The number of ether oxygens (including phenoxy) is 2. The minimum Gasteiger partial charge on any atom is -0.493 e. The molecule has 0 radical (unpaired) electrons. The Balaban J connectivity index is 1.65. The fourth-order valence-corrected chi connectivity index (χ4v) is 3.34. The van der Waals surface area contributed by atoms with E-state index in [1.165, 1.54) is 0 Å². The molecule has 1 amide bonds. The molecule has 25 heavy (non-hydrogen) atoms. The summed E-state index contributed by atoms with van der Waals surface area (Å²) >= 11 is 6.19. The summed E-state index contributed by atoms with van der Waals surface area (Å²) in [6.07, 6.45) is 1.77. The number of methoxy groups -OCH3 is 2. The molecule has 0 saturated carbocycles. The fraction of sp³-hybridized carbons (Fsp3) is 0.389. The van der Waals surface area contributed by atoms with Crippen molar-refractivity contribution in [2.45, 2.75) is 6.54 Å². The molecule has 6 nitrogen and oxygen atoms in total. The lowest BCUT2D eigenvalue weighted by molar-refractivity contribution is 0.0622. The van der Waals surface area contributed by atoms with Crippen LogP contribution in [-0.4, -0.2) is 61.1 Å². The van der Waals surface area contributed by atoms with Crippen LogP contribution in [-0.2, 0) is 6.54 Å². The normalized spacial score (nSPS) is 15.2. The van der Waals surface area contributed by atoms with Crippen LogP contribution in [0.25, 0.3) is 0 Å². The van der Waals surface area contributed by atoms with Crippen molar-refractivity contribution >= 4 is 17.5 Å². The van der Waals surface area contributed by atoms with Crippen molar-refractivity contribution in [1.82, 2.24) is 14.8 Å². The van der Waals surface area contributed by atoms with Crippen molar-refractivity contribution in [3.05, 3.63) is 46.7 Å². The minimum absolute atomic E-state index is 0.0478. The highest BCUT2D eigenvalue weighted by atomic mass is 35.5. The van der Waals surface area contributed by atoms with E-state index in [-0.39, 0.29) is 5.91 Å². The number of rotatable bonds is 5. The van der Waals surface area contributed by atoms with Gasteiger partial charge in [-0.2, -0.15) is 0 Å². The standard InChI is InChI=1S/C18H22ClN3O3/c1-24-16-11-14(19)10-13(17(16)25-2)12-21-6-8-22(9-7-21)18(23)15-4-3-5-20-15/h3-5,10-11,20H,6-9,12H2,1-2H3. The van der Waals surface area contributed by atoms with Gasteiger partial charge in [0.25, 0.3) is 5.91 Å². The first-order chi connectivity index (χ1) is 12.1. The highest BCUT2D eigenvalue weighted by Crippen LogP contribution is 2.35. The van der Waals surface area contributed by atoms with Crippen LogP contribution in [0.3, 0.4) is 0 Å². The number of amides is 1. The molecule has 0 aliphatic carbocycles. The number of nitrogens with one attached hydrogen (secondary N) is 1. The molecule has 0 atom stereocenters. The predicted molar refractivity (Wildman–Crippen MR) is 96.5 cm³/mol. The number of nitrogens with zero attached hydrogens (tertiary/aromatic N) is 2. The molecule has 1 aliphatic heterocycles. The Morgan fingerprint density at radius 2 is 1.96 bits per heavy atom. The monoisotopic (exact) mass is 363 g/mol. The van der Waals surface area contributed by atoms with Gasteiger partial charge in [0, 0.05) is 55.6 Å². The van der Waals surface area contributed by atoms with E-state index in [0.29, 0.717) is 41.8 Å². The maximum absolute atomic E-state index is 12.4. The second-order valence-corrected chi connectivity index (χ2v) is 6.39. The van der Waals surface area contributed by atoms with Crippen molar-refractivity contribution in [3.63, 3.8) is 0 Å². The third-order valence-electron chi connectivity index (χ3n) is 4.40. The number of hydrogen-bond donors (Lipinski definition) is 1. The maximum atomic E-state index is 12.4. The van der Waals surface area contributed by atoms with Gasteiger partial charge >= 0.3 is 0 Å². The Kier molecular flexibility index (Phi) is 5.50. The zero-order chi connectivity index (χ0) is 17.8. The molecule has 7 heteroatoms. The van der Waals surface area contributed by atoms with Gasteiger partial charge in [0.2, 0.25) is 0 Å². The third-order valence-corrected chi connectivity index (χ3v) is 4.62. The minimum atomic E-state index is 0.0478. The van der Waals surface area contributed by atoms with Crippen molar-refractivity contribution in [3.8, 4) is 11.5 Å². The molecule has 134 valence electrons. The van der Waals surface area contributed by atoms with E-state index in [1.807, 2.05) is 17.0 Å². The maximum Gasteiger partial charge on any atom is 0.270 e. The molecular formula is C18H22ClN3O3.